The number of aliphatic carboxylic acids is 1. The molecule has 3 fully saturated rings. The van der Waals surface area contributed by atoms with E-state index in [1.54, 1.807) is 0 Å². The van der Waals surface area contributed by atoms with Gasteiger partial charge in [0.1, 0.15) is 0 Å². The molecule has 0 aromatic heterocycles. The van der Waals surface area contributed by atoms with Crippen molar-refractivity contribution in [2.75, 3.05) is 6.54 Å². The van der Waals surface area contributed by atoms with Crippen molar-refractivity contribution < 1.29 is 27.6 Å². The fourth-order valence-corrected chi connectivity index (χ4v) is 2.50. The van der Waals surface area contributed by atoms with Crippen molar-refractivity contribution in [3.63, 3.8) is 0 Å². The van der Waals surface area contributed by atoms with Crippen molar-refractivity contribution in [3.8, 4) is 0 Å². The highest BCUT2D eigenvalue weighted by Gasteiger charge is 2.54. The molecule has 0 spiro atoms. The van der Waals surface area contributed by atoms with Gasteiger partial charge < -0.3 is 22.8 Å². The minimum absolute atomic E-state index is 0. The number of hydrogen-bond acceptors (Lipinski definition) is 1. The average Bonchev–Trinajstić information content (AvgIpc) is 2.38. The van der Waals surface area contributed by atoms with Crippen LogP contribution in [0.15, 0.2) is 0 Å². The fraction of sp³-hybridized carbons (Fsp3) is 0.875. The van der Waals surface area contributed by atoms with Gasteiger partial charge in [0.05, 0.1) is 18.5 Å². The summed E-state index contributed by atoms with van der Waals surface area (Å²) in [5.74, 6) is 0.256. The maximum Gasteiger partial charge on any atom is 0.303 e. The molecule has 1 saturated carbocycles. The van der Waals surface area contributed by atoms with Crippen LogP contribution in [0, 0.1) is 5.92 Å². The zero-order chi connectivity index (χ0) is 7.90. The molecule has 0 unspecified atom stereocenters. The van der Waals surface area contributed by atoms with Gasteiger partial charge in [-0.15, -0.1) is 0 Å². The lowest BCUT2D eigenvalue weighted by Gasteiger charge is -2.32. The minimum atomic E-state index is -0.650. The molecular weight excluding hydrogens is 178 g/mol. The molecule has 0 aromatic rings. The first kappa shape index (κ1) is 9.81. The van der Waals surface area contributed by atoms with E-state index in [0.717, 1.165) is 12.3 Å². The summed E-state index contributed by atoms with van der Waals surface area (Å²) in [4.78, 5) is 10.3. The van der Waals surface area contributed by atoms with Crippen molar-refractivity contribution in [1.82, 2.24) is 0 Å². The number of carboxylic acids is 1. The van der Waals surface area contributed by atoms with Crippen LogP contribution in [0.5, 0.6) is 0 Å². The van der Waals surface area contributed by atoms with Gasteiger partial charge >= 0.3 is 5.97 Å². The third-order valence-corrected chi connectivity index (χ3v) is 3.11. The zero-order valence-corrected chi connectivity index (χ0v) is 7.68. The summed E-state index contributed by atoms with van der Waals surface area (Å²) in [6.07, 6.45) is 3.75. The molecule has 4 heteroatoms. The summed E-state index contributed by atoms with van der Waals surface area (Å²) in [5, 5.41) is 10.8. The van der Waals surface area contributed by atoms with Crippen LogP contribution in [-0.4, -0.2) is 23.2 Å². The third-order valence-electron chi connectivity index (χ3n) is 3.11. The maximum atomic E-state index is 10.3. The molecule has 0 atom stereocenters. The van der Waals surface area contributed by atoms with Crippen LogP contribution in [0.1, 0.15) is 25.7 Å². The van der Waals surface area contributed by atoms with Gasteiger partial charge in [0, 0.05) is 25.2 Å². The Kier molecular flexibility index (Phi) is 2.64. The van der Waals surface area contributed by atoms with E-state index in [2.05, 4.69) is 5.32 Å². The molecule has 1 aliphatic carbocycles. The van der Waals surface area contributed by atoms with Gasteiger partial charge in [0.15, 0.2) is 0 Å². The lowest BCUT2D eigenvalue weighted by Crippen LogP contribution is -3.00. The van der Waals surface area contributed by atoms with E-state index in [4.69, 9.17) is 5.11 Å². The smallest absolute Gasteiger partial charge is 0.303 e. The number of carbonyl (C=O) groups is 1. The topological polar surface area (TPSA) is 53.9 Å². The molecule has 0 aromatic carbocycles. The van der Waals surface area contributed by atoms with Crippen molar-refractivity contribution >= 4 is 5.97 Å². The molecule has 2 heterocycles. The van der Waals surface area contributed by atoms with Gasteiger partial charge in [-0.1, -0.05) is 0 Å². The lowest BCUT2D eigenvalue weighted by molar-refractivity contribution is -0.697. The number of hydrogen-bond donors (Lipinski definition) is 2. The molecule has 70 valence electrons. The molecule has 0 radical (unpaired) electrons. The van der Waals surface area contributed by atoms with Crippen LogP contribution in [0.2, 0.25) is 0 Å². The Labute approximate surface area is 77.9 Å². The normalized spacial score (nSPS) is 36.8. The number of quaternary nitrogens is 1. The molecule has 3 aliphatic rings. The fourth-order valence-electron chi connectivity index (χ4n) is 2.50. The Morgan fingerprint density at radius 3 is 2.67 bits per heavy atom. The first-order valence-corrected chi connectivity index (χ1v) is 4.26. The monoisotopic (exact) mass is 191 g/mol. The summed E-state index contributed by atoms with van der Waals surface area (Å²) in [5.41, 5.74) is 0.364. The Balaban J connectivity index is 0.000000720. The highest BCUT2D eigenvalue weighted by molar-refractivity contribution is 5.66. The molecule has 0 amide bonds. The second-order valence-electron chi connectivity index (χ2n) is 3.97. The second-order valence-corrected chi connectivity index (χ2v) is 3.97. The summed E-state index contributed by atoms with van der Waals surface area (Å²) >= 11 is 0. The number of halogens is 1. The summed E-state index contributed by atoms with van der Waals surface area (Å²) < 4.78 is 0. The SMILES string of the molecule is O=C(O)CCC12CC(C[NH2+]1)C2.[Cl-]. The predicted octanol–water partition coefficient (Wildman–Crippen LogP) is -3.42. The molecule has 2 saturated heterocycles. The molecule has 3 N–H and O–H groups in total. The summed E-state index contributed by atoms with van der Waals surface area (Å²) in [7, 11) is 0. The lowest BCUT2D eigenvalue weighted by atomic mass is 9.71. The van der Waals surface area contributed by atoms with Crippen LogP contribution in [0.4, 0.5) is 0 Å². The Morgan fingerprint density at radius 2 is 2.25 bits per heavy atom. The van der Waals surface area contributed by atoms with E-state index in [-0.39, 0.29) is 12.4 Å². The van der Waals surface area contributed by atoms with Gasteiger partial charge in [-0.25, -0.2) is 0 Å². The van der Waals surface area contributed by atoms with E-state index in [0.29, 0.717) is 12.0 Å². The quantitative estimate of drug-likeness (QED) is 0.488. The molecule has 3 rings (SSSR count). The summed E-state index contributed by atoms with van der Waals surface area (Å²) in [6, 6.07) is 0. The molecule has 3 nitrogen and oxygen atoms in total. The van der Waals surface area contributed by atoms with Crippen molar-refractivity contribution in [1.29, 1.82) is 0 Å². The van der Waals surface area contributed by atoms with Crippen molar-refractivity contribution in [2.45, 2.75) is 31.2 Å². The molecule has 2 bridgehead atoms. The second kappa shape index (κ2) is 3.23. The van der Waals surface area contributed by atoms with Crippen molar-refractivity contribution in [2.24, 2.45) is 5.92 Å². The van der Waals surface area contributed by atoms with Crippen LogP contribution in [0.3, 0.4) is 0 Å². The number of rotatable bonds is 3. The maximum absolute atomic E-state index is 10.3. The minimum Gasteiger partial charge on any atom is -1.00 e. The van der Waals surface area contributed by atoms with Gasteiger partial charge in [-0.2, -0.15) is 0 Å². The first-order chi connectivity index (χ1) is 5.20. The summed E-state index contributed by atoms with van der Waals surface area (Å²) in [6.45, 7) is 1.24. The zero-order valence-electron chi connectivity index (χ0n) is 6.92. The van der Waals surface area contributed by atoms with Gasteiger partial charge in [0.2, 0.25) is 0 Å². The largest absolute Gasteiger partial charge is 1.00 e. The van der Waals surface area contributed by atoms with E-state index in [1.807, 2.05) is 0 Å². The number of carboxylic acid groups (broad SMARTS) is 1. The Bertz CT molecular complexity index is 184. The number of nitrogens with two attached hydrogens (primary N) is 1. The van der Waals surface area contributed by atoms with E-state index in [9.17, 15) is 4.79 Å². The van der Waals surface area contributed by atoms with Crippen LogP contribution in [0.25, 0.3) is 0 Å². The Hall–Kier alpha value is -0.280. The van der Waals surface area contributed by atoms with Crippen LogP contribution in [-0.2, 0) is 4.79 Å². The van der Waals surface area contributed by atoms with Crippen molar-refractivity contribution in [3.05, 3.63) is 0 Å². The van der Waals surface area contributed by atoms with Gasteiger partial charge in [-0.05, 0) is 0 Å². The van der Waals surface area contributed by atoms with Crippen LogP contribution < -0.4 is 17.7 Å². The standard InChI is InChI=1S/C8H13NO2.ClH/c10-7(11)1-2-8-3-6(4-8)5-9-8;/h6,9H,1-5H2,(H,10,11);1H. The highest BCUT2D eigenvalue weighted by atomic mass is 35.5. The third kappa shape index (κ3) is 1.57. The van der Waals surface area contributed by atoms with E-state index in [1.165, 1.54) is 19.4 Å². The highest BCUT2D eigenvalue weighted by Crippen LogP contribution is 2.41. The molecule has 12 heavy (non-hydrogen) atoms. The van der Waals surface area contributed by atoms with Gasteiger partial charge in [0.25, 0.3) is 0 Å². The predicted molar refractivity (Wildman–Crippen MR) is 39.1 cm³/mol. The van der Waals surface area contributed by atoms with Gasteiger partial charge in [-0.3, -0.25) is 4.79 Å². The number of fused-ring (bicyclic) bond motifs is 1. The van der Waals surface area contributed by atoms with E-state index >= 15 is 0 Å². The molecular formula is C8H14ClNO2. The average molecular weight is 192 g/mol. The first-order valence-electron chi connectivity index (χ1n) is 4.26. The van der Waals surface area contributed by atoms with E-state index < -0.39 is 5.97 Å². The van der Waals surface area contributed by atoms with Crippen LogP contribution >= 0.6 is 0 Å². The Morgan fingerprint density at radius 1 is 1.58 bits per heavy atom. The molecule has 2 aliphatic heterocycles.